The molecule has 8 nitrogen and oxygen atoms in total. The van der Waals surface area contributed by atoms with Crippen LogP contribution in [0.1, 0.15) is 17.3 Å². The third-order valence-corrected chi connectivity index (χ3v) is 4.34. The number of carbonyl (C=O) groups is 1. The Kier molecular flexibility index (Phi) is 5.60. The average molecular weight is 335 g/mol. The Labute approximate surface area is 142 Å². The van der Waals surface area contributed by atoms with Gasteiger partial charge in [0.15, 0.2) is 0 Å². The summed E-state index contributed by atoms with van der Waals surface area (Å²) in [5, 5.41) is 3.04. The fourth-order valence-corrected chi connectivity index (χ4v) is 3.10. The highest BCUT2D eigenvalue weighted by Gasteiger charge is 2.32. The van der Waals surface area contributed by atoms with Gasteiger partial charge in [-0.3, -0.25) is 4.79 Å². The third-order valence-electron chi connectivity index (χ3n) is 4.34. The highest BCUT2D eigenvalue weighted by atomic mass is 16.5. The molecule has 3 heterocycles. The molecule has 0 unspecified atom stereocenters. The summed E-state index contributed by atoms with van der Waals surface area (Å²) in [6, 6.07) is -0.0126. The van der Waals surface area contributed by atoms with Gasteiger partial charge in [-0.05, 0) is 14.0 Å². The molecule has 1 aromatic heterocycles. The number of ether oxygens (including phenoxy) is 2. The minimum atomic E-state index is -0.159. The first-order valence-electron chi connectivity index (χ1n) is 8.43. The topological polar surface area (TPSA) is 79.8 Å². The lowest BCUT2D eigenvalue weighted by atomic mass is 10.2. The first-order chi connectivity index (χ1) is 11.7. The normalized spacial score (nSPS) is 25.0. The minimum absolute atomic E-state index is 0.0126. The van der Waals surface area contributed by atoms with Crippen molar-refractivity contribution in [3.8, 4) is 0 Å². The fourth-order valence-electron chi connectivity index (χ4n) is 3.10. The number of carbonyl (C=O) groups excluding carboxylic acids is 1. The molecule has 132 valence electrons. The highest BCUT2D eigenvalue weighted by molar-refractivity contribution is 5.93. The van der Waals surface area contributed by atoms with Crippen LogP contribution in [0.25, 0.3) is 0 Å². The summed E-state index contributed by atoms with van der Waals surface area (Å²) in [6.07, 6.45) is 3.20. The fraction of sp³-hybridized carbons (Fsp3) is 0.688. The second-order valence-corrected chi connectivity index (χ2v) is 6.17. The van der Waals surface area contributed by atoms with Crippen molar-refractivity contribution < 1.29 is 14.3 Å². The molecule has 24 heavy (non-hydrogen) atoms. The Hall–Kier alpha value is -1.77. The first kappa shape index (κ1) is 17.1. The van der Waals surface area contributed by atoms with Crippen LogP contribution < -0.4 is 10.2 Å². The van der Waals surface area contributed by atoms with E-state index >= 15 is 0 Å². The summed E-state index contributed by atoms with van der Waals surface area (Å²) in [7, 11) is 2.03. The zero-order valence-corrected chi connectivity index (χ0v) is 14.3. The molecule has 0 aromatic carbocycles. The van der Waals surface area contributed by atoms with Crippen molar-refractivity contribution in [2.24, 2.45) is 0 Å². The molecule has 0 bridgehead atoms. The van der Waals surface area contributed by atoms with Crippen LogP contribution in [0.4, 0.5) is 5.95 Å². The van der Waals surface area contributed by atoms with Crippen LogP contribution >= 0.6 is 0 Å². The van der Waals surface area contributed by atoms with Gasteiger partial charge in [0.1, 0.15) is 0 Å². The average Bonchev–Trinajstić information content (AvgIpc) is 2.95. The number of morpholine rings is 1. The maximum Gasteiger partial charge on any atom is 0.254 e. The Morgan fingerprint density at radius 3 is 2.71 bits per heavy atom. The number of anilines is 1. The minimum Gasteiger partial charge on any atom is -0.378 e. The van der Waals surface area contributed by atoms with Gasteiger partial charge in [0.2, 0.25) is 5.95 Å². The summed E-state index contributed by atoms with van der Waals surface area (Å²) in [5.74, 6) is 0.483. The number of aromatic nitrogens is 2. The SMILES string of the molecule is CCO[C@H]1CN(C)C[C@@H]1NC(=O)c1cnc(N2CCOCC2)nc1. The molecule has 0 saturated carbocycles. The van der Waals surface area contributed by atoms with Gasteiger partial charge in [0.25, 0.3) is 5.91 Å². The van der Waals surface area contributed by atoms with E-state index in [9.17, 15) is 4.79 Å². The number of hydrogen-bond acceptors (Lipinski definition) is 7. The zero-order valence-electron chi connectivity index (χ0n) is 14.3. The number of nitrogens with zero attached hydrogens (tertiary/aromatic N) is 4. The molecule has 1 N–H and O–H groups in total. The molecular weight excluding hydrogens is 310 g/mol. The second-order valence-electron chi connectivity index (χ2n) is 6.17. The molecule has 1 aromatic rings. The molecule has 2 aliphatic rings. The smallest absolute Gasteiger partial charge is 0.254 e. The molecule has 2 atom stereocenters. The van der Waals surface area contributed by atoms with E-state index in [0.29, 0.717) is 31.3 Å². The molecule has 8 heteroatoms. The number of likely N-dealkylation sites (tertiary alicyclic amines) is 1. The Balaban J connectivity index is 1.60. The van der Waals surface area contributed by atoms with Gasteiger partial charge in [0, 0.05) is 45.2 Å². The highest BCUT2D eigenvalue weighted by Crippen LogP contribution is 2.13. The molecule has 2 aliphatic heterocycles. The molecular formula is C16H25N5O3. The van der Waals surface area contributed by atoms with Crippen molar-refractivity contribution in [2.45, 2.75) is 19.1 Å². The van der Waals surface area contributed by atoms with Crippen LogP contribution in [0, 0.1) is 0 Å². The lowest BCUT2D eigenvalue weighted by Gasteiger charge is -2.26. The predicted octanol–water partition coefficient (Wildman–Crippen LogP) is -0.238. The van der Waals surface area contributed by atoms with Gasteiger partial charge in [-0.25, -0.2) is 9.97 Å². The van der Waals surface area contributed by atoms with Crippen molar-refractivity contribution in [3.05, 3.63) is 18.0 Å². The van der Waals surface area contributed by atoms with Crippen molar-refractivity contribution >= 4 is 11.9 Å². The van der Waals surface area contributed by atoms with Crippen LogP contribution in [-0.2, 0) is 9.47 Å². The van der Waals surface area contributed by atoms with Gasteiger partial charge >= 0.3 is 0 Å². The summed E-state index contributed by atoms with van der Waals surface area (Å²) in [4.78, 5) is 25.3. The van der Waals surface area contributed by atoms with Gasteiger partial charge in [-0.15, -0.1) is 0 Å². The van der Waals surface area contributed by atoms with Crippen LogP contribution in [-0.4, -0.2) is 86.0 Å². The van der Waals surface area contributed by atoms with E-state index in [2.05, 4.69) is 25.1 Å². The van der Waals surface area contributed by atoms with Crippen LogP contribution in [0.2, 0.25) is 0 Å². The summed E-state index contributed by atoms with van der Waals surface area (Å²) in [6.45, 7) is 7.12. The van der Waals surface area contributed by atoms with Crippen LogP contribution in [0.3, 0.4) is 0 Å². The van der Waals surface area contributed by atoms with E-state index in [4.69, 9.17) is 9.47 Å². The van der Waals surface area contributed by atoms with Gasteiger partial charge in [-0.2, -0.15) is 0 Å². The van der Waals surface area contributed by atoms with Gasteiger partial charge < -0.3 is 24.6 Å². The van der Waals surface area contributed by atoms with Crippen LogP contribution in [0.15, 0.2) is 12.4 Å². The number of amides is 1. The quantitative estimate of drug-likeness (QED) is 0.796. The second kappa shape index (κ2) is 7.87. The number of likely N-dealkylation sites (N-methyl/N-ethyl adjacent to an activating group) is 1. The van der Waals surface area contributed by atoms with Crippen molar-refractivity contribution in [1.82, 2.24) is 20.2 Å². The summed E-state index contributed by atoms with van der Waals surface area (Å²) < 4.78 is 11.0. The third kappa shape index (κ3) is 4.00. The standard InChI is InChI=1S/C16H25N5O3/c1-3-24-14-11-20(2)10-13(14)19-15(22)12-8-17-16(18-9-12)21-4-6-23-7-5-21/h8-9,13-14H,3-7,10-11H2,1-2H3,(H,19,22)/t13-,14-/m0/s1. The molecule has 0 radical (unpaired) electrons. The number of rotatable bonds is 5. The van der Waals surface area contributed by atoms with Gasteiger partial charge in [-0.1, -0.05) is 0 Å². The molecule has 2 fully saturated rings. The monoisotopic (exact) mass is 335 g/mol. The van der Waals surface area contributed by atoms with E-state index in [1.165, 1.54) is 0 Å². The molecule has 1 amide bonds. The molecule has 2 saturated heterocycles. The molecule has 0 aliphatic carbocycles. The van der Waals surface area contributed by atoms with Gasteiger partial charge in [0.05, 0.1) is 30.9 Å². The lowest BCUT2D eigenvalue weighted by molar-refractivity contribution is 0.0513. The zero-order chi connectivity index (χ0) is 16.9. The lowest BCUT2D eigenvalue weighted by Crippen LogP contribution is -2.44. The van der Waals surface area contributed by atoms with Crippen molar-refractivity contribution in [2.75, 3.05) is 57.9 Å². The summed E-state index contributed by atoms with van der Waals surface area (Å²) >= 11 is 0. The Bertz CT molecular complexity index is 547. The predicted molar refractivity (Wildman–Crippen MR) is 89.2 cm³/mol. The van der Waals surface area contributed by atoms with E-state index in [-0.39, 0.29) is 18.1 Å². The van der Waals surface area contributed by atoms with Crippen LogP contribution in [0.5, 0.6) is 0 Å². The first-order valence-corrected chi connectivity index (χ1v) is 8.43. The van der Waals surface area contributed by atoms with E-state index < -0.39 is 0 Å². The Morgan fingerprint density at radius 2 is 2.04 bits per heavy atom. The largest absolute Gasteiger partial charge is 0.378 e. The summed E-state index contributed by atoms with van der Waals surface area (Å²) in [5.41, 5.74) is 0.469. The number of nitrogens with one attached hydrogen (secondary N) is 1. The number of hydrogen-bond donors (Lipinski definition) is 1. The maximum atomic E-state index is 12.4. The maximum absolute atomic E-state index is 12.4. The van der Waals surface area contributed by atoms with Crippen molar-refractivity contribution in [1.29, 1.82) is 0 Å². The van der Waals surface area contributed by atoms with E-state index in [0.717, 1.165) is 26.2 Å². The van der Waals surface area contributed by atoms with E-state index in [1.54, 1.807) is 12.4 Å². The van der Waals surface area contributed by atoms with Crippen molar-refractivity contribution in [3.63, 3.8) is 0 Å². The van der Waals surface area contributed by atoms with E-state index in [1.807, 2.05) is 14.0 Å². The molecule has 3 rings (SSSR count). The Morgan fingerprint density at radius 1 is 1.33 bits per heavy atom. The molecule has 0 spiro atoms.